The fourth-order valence-electron chi connectivity index (χ4n) is 1.67. The van der Waals surface area contributed by atoms with Crippen molar-refractivity contribution in [2.45, 2.75) is 20.3 Å². The highest BCUT2D eigenvalue weighted by atomic mass is 32.2. The average molecular weight is 281 g/mol. The maximum Gasteiger partial charge on any atom is 0.257 e. The number of carbonyl (C=O) groups is 1. The molecular weight excluding hydrogens is 258 g/mol. The molecule has 1 N–H and O–H groups in total. The monoisotopic (exact) mass is 281 g/mol. The van der Waals surface area contributed by atoms with Crippen molar-refractivity contribution in [1.29, 1.82) is 0 Å². The topological polar surface area (TPSA) is 45.2 Å². The Hall–Kier alpha value is -1.23. The van der Waals surface area contributed by atoms with Crippen molar-refractivity contribution in [1.82, 2.24) is 9.88 Å². The Labute approximate surface area is 120 Å². The summed E-state index contributed by atoms with van der Waals surface area (Å²) in [5.74, 6) is 0.972. The molecular formula is C14H23N3OS. The number of thioether (sulfide) groups is 1. The first-order valence-electron chi connectivity index (χ1n) is 6.55. The summed E-state index contributed by atoms with van der Waals surface area (Å²) >= 11 is 1.74. The van der Waals surface area contributed by atoms with Gasteiger partial charge < -0.3 is 10.2 Å². The molecule has 1 heterocycles. The Morgan fingerprint density at radius 2 is 2.26 bits per heavy atom. The molecule has 1 aromatic heterocycles. The molecule has 0 atom stereocenters. The van der Waals surface area contributed by atoms with Gasteiger partial charge in [-0.1, -0.05) is 6.92 Å². The van der Waals surface area contributed by atoms with Gasteiger partial charge >= 0.3 is 0 Å². The minimum atomic E-state index is 0.0279. The molecule has 0 aromatic carbocycles. The van der Waals surface area contributed by atoms with E-state index in [0.29, 0.717) is 5.56 Å². The van der Waals surface area contributed by atoms with Crippen LogP contribution in [0.15, 0.2) is 12.3 Å². The Morgan fingerprint density at radius 3 is 2.89 bits per heavy atom. The summed E-state index contributed by atoms with van der Waals surface area (Å²) < 4.78 is 0. The highest BCUT2D eigenvalue weighted by Crippen LogP contribution is 2.17. The number of carbonyl (C=O) groups excluding carboxylic acids is 1. The van der Waals surface area contributed by atoms with E-state index in [1.54, 1.807) is 22.9 Å². The second-order valence-corrected chi connectivity index (χ2v) is 5.50. The van der Waals surface area contributed by atoms with Crippen LogP contribution in [0, 0.1) is 6.92 Å². The predicted octanol–water partition coefficient (Wildman–Crippen LogP) is 2.65. The maximum atomic E-state index is 12.4. The quantitative estimate of drug-likeness (QED) is 0.834. The average Bonchev–Trinajstić information content (AvgIpc) is 2.41. The summed E-state index contributed by atoms with van der Waals surface area (Å²) in [7, 11) is 1.84. The number of hydrogen-bond acceptors (Lipinski definition) is 4. The minimum Gasteiger partial charge on any atom is -0.384 e. The van der Waals surface area contributed by atoms with Gasteiger partial charge in [-0.05, 0) is 25.7 Å². The number of hydrogen-bond donors (Lipinski definition) is 1. The van der Waals surface area contributed by atoms with E-state index < -0.39 is 0 Å². The molecule has 0 spiro atoms. The van der Waals surface area contributed by atoms with Gasteiger partial charge in [-0.25, -0.2) is 0 Å². The lowest BCUT2D eigenvalue weighted by Gasteiger charge is -2.19. The number of nitrogens with one attached hydrogen (secondary N) is 1. The molecule has 1 aromatic rings. The maximum absolute atomic E-state index is 12.4. The van der Waals surface area contributed by atoms with Crippen LogP contribution < -0.4 is 5.32 Å². The first-order chi connectivity index (χ1) is 9.10. The van der Waals surface area contributed by atoms with Crippen molar-refractivity contribution in [3.8, 4) is 0 Å². The second-order valence-electron chi connectivity index (χ2n) is 4.52. The van der Waals surface area contributed by atoms with Gasteiger partial charge in [0.2, 0.25) is 0 Å². The van der Waals surface area contributed by atoms with Gasteiger partial charge in [0.1, 0.15) is 0 Å². The van der Waals surface area contributed by atoms with E-state index in [9.17, 15) is 4.79 Å². The molecule has 0 fully saturated rings. The Kier molecular flexibility index (Phi) is 6.70. The summed E-state index contributed by atoms with van der Waals surface area (Å²) in [5, 5.41) is 3.30. The lowest BCUT2D eigenvalue weighted by Crippen LogP contribution is -2.29. The molecule has 0 aliphatic heterocycles. The van der Waals surface area contributed by atoms with Gasteiger partial charge in [-0.3, -0.25) is 9.78 Å². The van der Waals surface area contributed by atoms with Crippen molar-refractivity contribution in [2.75, 3.05) is 37.5 Å². The molecule has 19 heavy (non-hydrogen) atoms. The van der Waals surface area contributed by atoms with Crippen LogP contribution in [-0.2, 0) is 0 Å². The molecule has 106 valence electrons. The van der Waals surface area contributed by atoms with E-state index in [2.05, 4.69) is 17.2 Å². The van der Waals surface area contributed by atoms with Crippen LogP contribution in [0.1, 0.15) is 29.4 Å². The molecule has 0 unspecified atom stereocenters. The number of pyridine rings is 1. The van der Waals surface area contributed by atoms with Gasteiger partial charge in [0.05, 0.1) is 11.3 Å². The molecule has 1 rings (SSSR count). The van der Waals surface area contributed by atoms with E-state index in [1.165, 1.54) is 0 Å². The molecule has 0 saturated carbocycles. The van der Waals surface area contributed by atoms with Crippen LogP contribution in [0.2, 0.25) is 0 Å². The number of amides is 1. The molecule has 0 aliphatic rings. The van der Waals surface area contributed by atoms with Crippen LogP contribution in [0.4, 0.5) is 5.69 Å². The molecule has 0 saturated heterocycles. The zero-order chi connectivity index (χ0) is 14.3. The molecule has 5 heteroatoms. The Bertz CT molecular complexity index is 423. The highest BCUT2D eigenvalue weighted by Gasteiger charge is 2.16. The lowest BCUT2D eigenvalue weighted by molar-refractivity contribution is 0.0804. The van der Waals surface area contributed by atoms with Crippen molar-refractivity contribution in [2.24, 2.45) is 0 Å². The third-order valence-electron chi connectivity index (χ3n) is 2.81. The molecule has 0 aliphatic carbocycles. The lowest BCUT2D eigenvalue weighted by atomic mass is 10.2. The number of anilines is 1. The zero-order valence-corrected chi connectivity index (χ0v) is 13.0. The standard InChI is InChI=1S/C14H23N3OS/c1-5-6-15-13-9-11(2)16-10-12(13)14(18)17(3)7-8-19-4/h9-10H,5-8H2,1-4H3,(H,15,16). The van der Waals surface area contributed by atoms with Gasteiger partial charge in [0, 0.05) is 37.8 Å². The molecule has 0 bridgehead atoms. The summed E-state index contributed by atoms with van der Waals surface area (Å²) in [6.45, 7) is 5.65. The fraction of sp³-hybridized carbons (Fsp3) is 0.571. The van der Waals surface area contributed by atoms with Crippen molar-refractivity contribution < 1.29 is 4.79 Å². The zero-order valence-electron chi connectivity index (χ0n) is 12.2. The minimum absolute atomic E-state index is 0.0279. The summed E-state index contributed by atoms with van der Waals surface area (Å²) in [4.78, 5) is 18.4. The van der Waals surface area contributed by atoms with Gasteiger partial charge in [0.15, 0.2) is 0 Å². The number of aromatic nitrogens is 1. The van der Waals surface area contributed by atoms with E-state index in [0.717, 1.165) is 36.6 Å². The van der Waals surface area contributed by atoms with Gasteiger partial charge in [-0.15, -0.1) is 0 Å². The van der Waals surface area contributed by atoms with Crippen LogP contribution >= 0.6 is 11.8 Å². The highest BCUT2D eigenvalue weighted by molar-refractivity contribution is 7.98. The largest absolute Gasteiger partial charge is 0.384 e. The van der Waals surface area contributed by atoms with E-state index in [1.807, 2.05) is 26.3 Å². The first kappa shape index (κ1) is 15.8. The predicted molar refractivity (Wildman–Crippen MR) is 83.1 cm³/mol. The van der Waals surface area contributed by atoms with Crippen LogP contribution in [0.25, 0.3) is 0 Å². The Balaban J connectivity index is 2.88. The van der Waals surface area contributed by atoms with Gasteiger partial charge in [0.25, 0.3) is 5.91 Å². The van der Waals surface area contributed by atoms with Crippen LogP contribution in [-0.4, -0.2) is 47.9 Å². The normalized spacial score (nSPS) is 10.3. The van der Waals surface area contributed by atoms with Gasteiger partial charge in [-0.2, -0.15) is 11.8 Å². The van der Waals surface area contributed by atoms with Crippen LogP contribution in [0.5, 0.6) is 0 Å². The third-order valence-corrected chi connectivity index (χ3v) is 3.40. The smallest absolute Gasteiger partial charge is 0.257 e. The summed E-state index contributed by atoms with van der Waals surface area (Å²) in [6, 6.07) is 1.94. The molecule has 4 nitrogen and oxygen atoms in total. The van der Waals surface area contributed by atoms with Crippen molar-refractivity contribution in [3.63, 3.8) is 0 Å². The fourth-order valence-corrected chi connectivity index (χ4v) is 2.13. The van der Waals surface area contributed by atoms with Crippen molar-refractivity contribution >= 4 is 23.4 Å². The third kappa shape index (κ3) is 4.74. The number of nitrogens with zero attached hydrogens (tertiary/aromatic N) is 2. The second kappa shape index (κ2) is 8.04. The first-order valence-corrected chi connectivity index (χ1v) is 7.94. The van der Waals surface area contributed by atoms with Crippen molar-refractivity contribution in [3.05, 3.63) is 23.5 Å². The summed E-state index contributed by atoms with van der Waals surface area (Å²) in [5.41, 5.74) is 2.46. The summed E-state index contributed by atoms with van der Waals surface area (Å²) in [6.07, 6.45) is 4.74. The number of rotatable bonds is 7. The molecule has 0 radical (unpaired) electrons. The SMILES string of the molecule is CCCNc1cc(C)ncc1C(=O)N(C)CCSC. The number of aryl methyl sites for hydroxylation is 1. The van der Waals surface area contributed by atoms with E-state index in [-0.39, 0.29) is 5.91 Å². The molecule has 1 amide bonds. The van der Waals surface area contributed by atoms with E-state index >= 15 is 0 Å². The Morgan fingerprint density at radius 1 is 1.53 bits per heavy atom. The van der Waals surface area contributed by atoms with E-state index in [4.69, 9.17) is 0 Å². The van der Waals surface area contributed by atoms with Crippen LogP contribution in [0.3, 0.4) is 0 Å².